The molecule has 3 N–H and O–H groups in total. The molecule has 0 fully saturated rings. The fourth-order valence-electron chi connectivity index (χ4n) is 2.38. The van der Waals surface area contributed by atoms with Gasteiger partial charge in [0.05, 0.1) is 27.9 Å². The Kier molecular flexibility index (Phi) is 9.56. The minimum atomic E-state index is 0. The molecule has 26 heavy (non-hydrogen) atoms. The molecule has 0 saturated carbocycles. The van der Waals surface area contributed by atoms with Gasteiger partial charge >= 0.3 is 0 Å². The Morgan fingerprint density at radius 2 is 1.85 bits per heavy atom. The quantitative estimate of drug-likeness (QED) is 0.349. The highest BCUT2D eigenvalue weighted by Crippen LogP contribution is 2.39. The van der Waals surface area contributed by atoms with Gasteiger partial charge < -0.3 is 25.3 Å². The summed E-state index contributed by atoms with van der Waals surface area (Å²) in [5, 5.41) is 3.08. The molecule has 1 aromatic heterocycles. The Bertz CT molecular complexity index is 711. The van der Waals surface area contributed by atoms with Crippen LogP contribution in [0.15, 0.2) is 41.5 Å². The van der Waals surface area contributed by atoms with E-state index in [1.165, 1.54) is 0 Å². The maximum atomic E-state index is 5.93. The first-order valence-corrected chi connectivity index (χ1v) is 7.91. The predicted molar refractivity (Wildman–Crippen MR) is 113 cm³/mol. The number of aliphatic imine (C=N–C) groups is 1. The molecule has 0 spiro atoms. The van der Waals surface area contributed by atoms with E-state index in [9.17, 15) is 0 Å². The third-order valence-electron chi connectivity index (χ3n) is 3.62. The van der Waals surface area contributed by atoms with Gasteiger partial charge in [-0.1, -0.05) is 6.07 Å². The molecular weight excluding hydrogens is 447 g/mol. The van der Waals surface area contributed by atoms with Crippen molar-refractivity contribution in [2.45, 2.75) is 13.0 Å². The first-order valence-electron chi connectivity index (χ1n) is 7.91. The number of halogens is 1. The average Bonchev–Trinajstić information content (AvgIpc) is 2.66. The van der Waals surface area contributed by atoms with Gasteiger partial charge in [0.15, 0.2) is 17.5 Å². The van der Waals surface area contributed by atoms with Gasteiger partial charge in [-0.15, -0.1) is 24.0 Å². The Labute approximate surface area is 171 Å². The molecule has 7 nitrogen and oxygen atoms in total. The number of guanidine groups is 1. The van der Waals surface area contributed by atoms with E-state index in [4.69, 9.17) is 19.9 Å². The smallest absolute Gasteiger partial charge is 0.203 e. The zero-order valence-corrected chi connectivity index (χ0v) is 17.5. The van der Waals surface area contributed by atoms with Crippen LogP contribution >= 0.6 is 24.0 Å². The van der Waals surface area contributed by atoms with Crippen molar-refractivity contribution in [3.05, 3.63) is 47.8 Å². The van der Waals surface area contributed by atoms with Crippen LogP contribution in [-0.2, 0) is 13.0 Å². The van der Waals surface area contributed by atoms with Crippen LogP contribution in [0.3, 0.4) is 0 Å². The third kappa shape index (κ3) is 5.94. The molecule has 0 atom stereocenters. The van der Waals surface area contributed by atoms with Crippen LogP contribution < -0.4 is 25.3 Å². The lowest BCUT2D eigenvalue weighted by molar-refractivity contribution is 0.322. The molecule has 0 unspecified atom stereocenters. The number of hydrogen-bond donors (Lipinski definition) is 2. The van der Waals surface area contributed by atoms with Crippen molar-refractivity contribution < 1.29 is 14.2 Å². The van der Waals surface area contributed by atoms with E-state index in [2.05, 4.69) is 15.3 Å². The zero-order valence-electron chi connectivity index (χ0n) is 15.2. The van der Waals surface area contributed by atoms with Gasteiger partial charge in [-0.25, -0.2) is 4.99 Å². The lowest BCUT2D eigenvalue weighted by Gasteiger charge is -2.15. The number of ether oxygens (including phenoxy) is 3. The number of pyridine rings is 1. The Morgan fingerprint density at radius 1 is 1.08 bits per heavy atom. The number of nitrogens with zero attached hydrogens (tertiary/aromatic N) is 2. The zero-order chi connectivity index (χ0) is 18.1. The number of methoxy groups -OCH3 is 3. The maximum absolute atomic E-state index is 5.93. The van der Waals surface area contributed by atoms with Crippen molar-refractivity contribution in [1.82, 2.24) is 10.3 Å². The minimum Gasteiger partial charge on any atom is -0.493 e. The molecule has 8 heteroatoms. The lowest BCUT2D eigenvalue weighted by atomic mass is 10.1. The summed E-state index contributed by atoms with van der Waals surface area (Å²) in [6.07, 6.45) is 2.55. The minimum absolute atomic E-state index is 0. The van der Waals surface area contributed by atoms with Crippen molar-refractivity contribution in [1.29, 1.82) is 0 Å². The van der Waals surface area contributed by atoms with E-state index in [1.54, 1.807) is 27.5 Å². The van der Waals surface area contributed by atoms with Gasteiger partial charge in [0.1, 0.15) is 0 Å². The molecule has 0 radical (unpaired) electrons. The van der Waals surface area contributed by atoms with Crippen molar-refractivity contribution in [3.8, 4) is 17.2 Å². The number of aromatic nitrogens is 1. The van der Waals surface area contributed by atoms with Crippen molar-refractivity contribution in [2.24, 2.45) is 10.7 Å². The summed E-state index contributed by atoms with van der Waals surface area (Å²) in [6.45, 7) is 1.03. The van der Waals surface area contributed by atoms with E-state index >= 15 is 0 Å². The predicted octanol–water partition coefficient (Wildman–Crippen LogP) is 2.37. The van der Waals surface area contributed by atoms with Crippen molar-refractivity contribution >= 4 is 29.9 Å². The van der Waals surface area contributed by atoms with E-state index < -0.39 is 0 Å². The fraction of sp³-hybridized carbons (Fsp3) is 0.333. The Morgan fingerprint density at radius 3 is 2.46 bits per heavy atom. The summed E-state index contributed by atoms with van der Waals surface area (Å²) in [4.78, 5) is 8.62. The average molecular weight is 472 g/mol. The van der Waals surface area contributed by atoms with Crippen LogP contribution in [0.2, 0.25) is 0 Å². The number of rotatable bonds is 8. The van der Waals surface area contributed by atoms with Crippen molar-refractivity contribution in [2.75, 3.05) is 27.9 Å². The second-order valence-corrected chi connectivity index (χ2v) is 5.19. The monoisotopic (exact) mass is 472 g/mol. The molecule has 2 rings (SSSR count). The molecule has 0 aliphatic carbocycles. The van der Waals surface area contributed by atoms with Crippen LogP contribution in [0, 0.1) is 0 Å². The highest BCUT2D eigenvalue weighted by Gasteiger charge is 2.15. The summed E-state index contributed by atoms with van der Waals surface area (Å²) in [5.41, 5.74) is 7.79. The third-order valence-corrected chi connectivity index (χ3v) is 3.62. The molecule has 0 saturated heterocycles. The van der Waals surface area contributed by atoms with E-state index in [0.717, 1.165) is 17.7 Å². The Hall–Kier alpha value is -2.23. The van der Waals surface area contributed by atoms with Crippen LogP contribution in [0.5, 0.6) is 17.2 Å². The number of nitrogens with one attached hydrogen (secondary N) is 1. The van der Waals surface area contributed by atoms with Crippen LogP contribution in [0.1, 0.15) is 11.3 Å². The van der Waals surface area contributed by atoms with Gasteiger partial charge in [-0.3, -0.25) is 4.98 Å². The molecule has 0 aliphatic rings. The molecule has 2 aromatic rings. The Balaban J connectivity index is 0.00000338. The summed E-state index contributed by atoms with van der Waals surface area (Å²) >= 11 is 0. The summed E-state index contributed by atoms with van der Waals surface area (Å²) in [6, 6.07) is 9.53. The summed E-state index contributed by atoms with van der Waals surface area (Å²) in [7, 11) is 4.73. The largest absolute Gasteiger partial charge is 0.493 e. The highest BCUT2D eigenvalue weighted by molar-refractivity contribution is 14.0. The molecule has 0 bridgehead atoms. The molecule has 1 aromatic carbocycles. The van der Waals surface area contributed by atoms with Gasteiger partial charge in [0.25, 0.3) is 0 Å². The maximum Gasteiger partial charge on any atom is 0.203 e. The second-order valence-electron chi connectivity index (χ2n) is 5.19. The van der Waals surface area contributed by atoms with Crippen LogP contribution in [0.25, 0.3) is 0 Å². The van der Waals surface area contributed by atoms with Gasteiger partial charge in [0.2, 0.25) is 5.75 Å². The molecular formula is C18H25IN4O3. The number of benzene rings is 1. The normalized spacial score (nSPS) is 10.7. The molecule has 0 amide bonds. The van der Waals surface area contributed by atoms with Gasteiger partial charge in [-0.2, -0.15) is 0 Å². The van der Waals surface area contributed by atoms with Gasteiger partial charge in [0, 0.05) is 30.4 Å². The summed E-state index contributed by atoms with van der Waals surface area (Å²) < 4.78 is 16.1. The first-order chi connectivity index (χ1) is 12.2. The summed E-state index contributed by atoms with van der Waals surface area (Å²) in [5.74, 6) is 2.10. The number of hydrogen-bond acceptors (Lipinski definition) is 5. The van der Waals surface area contributed by atoms with E-state index in [0.29, 0.717) is 36.3 Å². The molecule has 142 valence electrons. The second kappa shape index (κ2) is 11.4. The SMILES string of the molecule is COc1ccc(CN=C(N)NCCc2ccccn2)c(OC)c1OC.I. The fourth-order valence-corrected chi connectivity index (χ4v) is 2.38. The highest BCUT2D eigenvalue weighted by atomic mass is 127. The standard InChI is InChI=1S/C18H24N4O3.HI/c1-23-15-8-7-13(16(24-2)17(15)25-3)12-22-18(19)21-11-9-14-6-4-5-10-20-14;/h4-8,10H,9,11-12H2,1-3H3,(H3,19,21,22);1H. The number of nitrogens with two attached hydrogens (primary N) is 1. The van der Waals surface area contributed by atoms with Gasteiger partial charge in [-0.05, 0) is 24.3 Å². The topological polar surface area (TPSA) is 91.0 Å². The van der Waals surface area contributed by atoms with Crippen LogP contribution in [-0.4, -0.2) is 38.8 Å². The van der Waals surface area contributed by atoms with E-state index in [1.807, 2.05) is 30.3 Å². The van der Waals surface area contributed by atoms with Crippen LogP contribution in [0.4, 0.5) is 0 Å². The van der Waals surface area contributed by atoms with E-state index in [-0.39, 0.29) is 24.0 Å². The van der Waals surface area contributed by atoms with Crippen molar-refractivity contribution in [3.63, 3.8) is 0 Å². The molecule has 0 aliphatic heterocycles. The molecule has 1 heterocycles. The lowest BCUT2D eigenvalue weighted by Crippen LogP contribution is -2.33. The first kappa shape index (κ1) is 21.8.